The molecule has 0 fully saturated rings. The molecule has 0 aliphatic carbocycles. The van der Waals surface area contributed by atoms with E-state index in [1.165, 1.54) is 0 Å². The molecule has 3 rings (SSSR count). The molecule has 1 amide bonds. The van der Waals surface area contributed by atoms with E-state index < -0.39 is 0 Å². The molecular formula is C16H16Cl2N4O. The summed E-state index contributed by atoms with van der Waals surface area (Å²) >= 11 is 11.9. The number of amides is 1. The fourth-order valence-corrected chi connectivity index (χ4v) is 2.96. The average molecular weight is 351 g/mol. The molecule has 7 heteroatoms. The van der Waals surface area contributed by atoms with Crippen molar-refractivity contribution in [1.29, 1.82) is 0 Å². The first-order valence-corrected chi connectivity index (χ1v) is 8.10. The molecule has 1 aromatic carbocycles. The topological polar surface area (TPSA) is 72.1 Å². The van der Waals surface area contributed by atoms with Crippen LogP contribution in [0.1, 0.15) is 23.2 Å². The van der Waals surface area contributed by atoms with Gasteiger partial charge in [0, 0.05) is 19.2 Å². The summed E-state index contributed by atoms with van der Waals surface area (Å²) in [5, 5.41) is 1.03. The average Bonchev–Trinajstić information content (AvgIpc) is 2.55. The van der Waals surface area contributed by atoms with E-state index in [2.05, 4.69) is 9.97 Å². The Hall–Kier alpha value is -1.85. The number of nitrogen functional groups attached to an aromatic ring is 1. The Morgan fingerprint density at radius 2 is 2.13 bits per heavy atom. The molecule has 0 saturated carbocycles. The second-order valence-corrected chi connectivity index (χ2v) is 6.33. The minimum Gasteiger partial charge on any atom is -0.368 e. The van der Waals surface area contributed by atoms with Crippen LogP contribution in [0.3, 0.4) is 0 Å². The van der Waals surface area contributed by atoms with E-state index in [1.54, 1.807) is 18.3 Å². The maximum Gasteiger partial charge on any atom is 0.223 e. The number of anilines is 1. The first-order valence-electron chi connectivity index (χ1n) is 7.35. The number of carbonyl (C=O) groups excluding carboxylic acids is 1. The van der Waals surface area contributed by atoms with Gasteiger partial charge >= 0.3 is 0 Å². The summed E-state index contributed by atoms with van der Waals surface area (Å²) in [4.78, 5) is 22.4. The number of rotatable bonds is 3. The Kier molecular flexibility index (Phi) is 4.68. The Balaban J connectivity index is 1.62. The van der Waals surface area contributed by atoms with Gasteiger partial charge in [0.05, 0.1) is 22.3 Å². The van der Waals surface area contributed by atoms with E-state index in [4.69, 9.17) is 28.9 Å². The van der Waals surface area contributed by atoms with Gasteiger partial charge in [0.2, 0.25) is 11.9 Å². The molecule has 0 bridgehead atoms. The van der Waals surface area contributed by atoms with Gasteiger partial charge in [-0.3, -0.25) is 4.79 Å². The van der Waals surface area contributed by atoms with Crippen molar-refractivity contribution in [1.82, 2.24) is 14.9 Å². The van der Waals surface area contributed by atoms with Crippen LogP contribution >= 0.6 is 23.2 Å². The second kappa shape index (κ2) is 6.72. The molecule has 0 spiro atoms. The van der Waals surface area contributed by atoms with Crippen molar-refractivity contribution in [2.75, 3.05) is 12.3 Å². The number of nitrogens with zero attached hydrogens (tertiary/aromatic N) is 3. The summed E-state index contributed by atoms with van der Waals surface area (Å²) in [7, 11) is 0. The molecule has 1 aliphatic rings. The van der Waals surface area contributed by atoms with Crippen molar-refractivity contribution >= 4 is 35.1 Å². The van der Waals surface area contributed by atoms with Gasteiger partial charge in [-0.05, 0) is 36.1 Å². The summed E-state index contributed by atoms with van der Waals surface area (Å²) < 4.78 is 0. The van der Waals surface area contributed by atoms with Crippen LogP contribution in [0.4, 0.5) is 5.95 Å². The Labute approximate surface area is 144 Å². The number of aryl methyl sites for hydroxylation is 1. The first kappa shape index (κ1) is 16.0. The third kappa shape index (κ3) is 3.74. The van der Waals surface area contributed by atoms with E-state index in [0.717, 1.165) is 23.2 Å². The van der Waals surface area contributed by atoms with Crippen LogP contribution in [0.2, 0.25) is 10.0 Å². The van der Waals surface area contributed by atoms with Crippen LogP contribution < -0.4 is 5.73 Å². The Morgan fingerprint density at radius 3 is 2.91 bits per heavy atom. The van der Waals surface area contributed by atoms with Crippen LogP contribution in [0.5, 0.6) is 0 Å². The minimum atomic E-state index is 0.0962. The number of nitrogens with two attached hydrogens (primary N) is 1. The first-order chi connectivity index (χ1) is 11.0. The predicted octanol–water partition coefficient (Wildman–Crippen LogP) is 2.88. The lowest BCUT2D eigenvalue weighted by atomic mass is 10.1. The summed E-state index contributed by atoms with van der Waals surface area (Å²) in [5.41, 5.74) is 8.51. The summed E-state index contributed by atoms with van der Waals surface area (Å²) in [6, 6.07) is 5.44. The molecule has 0 saturated heterocycles. The highest BCUT2D eigenvalue weighted by atomic mass is 35.5. The van der Waals surface area contributed by atoms with E-state index in [0.29, 0.717) is 36.0 Å². The normalized spacial score (nSPS) is 13.7. The number of halogens is 2. The van der Waals surface area contributed by atoms with Crippen molar-refractivity contribution < 1.29 is 4.79 Å². The quantitative estimate of drug-likeness (QED) is 0.923. The molecular weight excluding hydrogens is 335 g/mol. The molecule has 2 aromatic rings. The predicted molar refractivity (Wildman–Crippen MR) is 90.3 cm³/mol. The molecule has 1 aliphatic heterocycles. The van der Waals surface area contributed by atoms with Crippen LogP contribution in [0.25, 0.3) is 0 Å². The summed E-state index contributed by atoms with van der Waals surface area (Å²) in [6.07, 6.45) is 3.56. The second-order valence-electron chi connectivity index (χ2n) is 5.51. The molecule has 2 heterocycles. The third-order valence-electron chi connectivity index (χ3n) is 3.93. The lowest BCUT2D eigenvalue weighted by molar-refractivity contribution is -0.132. The maximum absolute atomic E-state index is 12.4. The van der Waals surface area contributed by atoms with Crippen molar-refractivity contribution in [3.63, 3.8) is 0 Å². The molecule has 0 atom stereocenters. The summed E-state index contributed by atoms with van der Waals surface area (Å²) in [5.74, 6) is 0.341. The molecule has 23 heavy (non-hydrogen) atoms. The van der Waals surface area contributed by atoms with E-state index in [1.807, 2.05) is 11.0 Å². The highest BCUT2D eigenvalue weighted by Crippen LogP contribution is 2.23. The molecule has 5 nitrogen and oxygen atoms in total. The molecule has 0 unspecified atom stereocenters. The zero-order chi connectivity index (χ0) is 16.4. The number of carbonyl (C=O) groups is 1. The minimum absolute atomic E-state index is 0.0962. The smallest absolute Gasteiger partial charge is 0.223 e. The Bertz CT molecular complexity index is 751. The number of hydrogen-bond donors (Lipinski definition) is 1. The van der Waals surface area contributed by atoms with Crippen molar-refractivity contribution in [2.24, 2.45) is 0 Å². The van der Waals surface area contributed by atoms with E-state index in [-0.39, 0.29) is 11.9 Å². The molecule has 0 radical (unpaired) electrons. The standard InChI is InChI=1S/C16H16Cl2N4O/c17-12-3-1-10(7-13(12)18)2-4-15(23)22-6-5-11-8-20-16(19)21-14(11)9-22/h1,3,7-8H,2,4-6,9H2,(H2,19,20,21). The number of aromatic nitrogens is 2. The highest BCUT2D eigenvalue weighted by molar-refractivity contribution is 6.42. The zero-order valence-electron chi connectivity index (χ0n) is 12.4. The number of hydrogen-bond acceptors (Lipinski definition) is 4. The van der Waals surface area contributed by atoms with Gasteiger partial charge in [-0.1, -0.05) is 29.3 Å². The van der Waals surface area contributed by atoms with E-state index in [9.17, 15) is 4.79 Å². The Morgan fingerprint density at radius 1 is 1.30 bits per heavy atom. The zero-order valence-corrected chi connectivity index (χ0v) is 13.9. The lowest BCUT2D eigenvalue weighted by Crippen LogP contribution is -2.36. The molecule has 2 N–H and O–H groups in total. The monoisotopic (exact) mass is 350 g/mol. The molecule has 1 aromatic heterocycles. The van der Waals surface area contributed by atoms with Crippen LogP contribution in [-0.2, 0) is 24.2 Å². The number of benzene rings is 1. The fraction of sp³-hybridized carbons (Fsp3) is 0.312. The van der Waals surface area contributed by atoms with Crippen molar-refractivity contribution in [2.45, 2.75) is 25.8 Å². The summed E-state index contributed by atoms with van der Waals surface area (Å²) in [6.45, 7) is 1.17. The van der Waals surface area contributed by atoms with Gasteiger partial charge in [0.1, 0.15) is 0 Å². The molecule has 120 valence electrons. The van der Waals surface area contributed by atoms with Gasteiger partial charge in [-0.15, -0.1) is 0 Å². The van der Waals surface area contributed by atoms with Crippen LogP contribution in [0.15, 0.2) is 24.4 Å². The van der Waals surface area contributed by atoms with Crippen molar-refractivity contribution in [3.05, 3.63) is 51.3 Å². The van der Waals surface area contributed by atoms with Gasteiger partial charge < -0.3 is 10.6 Å². The number of fused-ring (bicyclic) bond motifs is 1. The maximum atomic E-state index is 12.4. The SMILES string of the molecule is Nc1ncc2c(n1)CN(C(=O)CCc1ccc(Cl)c(Cl)c1)CC2. The van der Waals surface area contributed by atoms with Crippen molar-refractivity contribution in [3.8, 4) is 0 Å². The van der Waals surface area contributed by atoms with Gasteiger partial charge in [0.25, 0.3) is 0 Å². The van der Waals surface area contributed by atoms with Gasteiger partial charge in [-0.25, -0.2) is 9.97 Å². The largest absolute Gasteiger partial charge is 0.368 e. The third-order valence-corrected chi connectivity index (χ3v) is 4.67. The van der Waals surface area contributed by atoms with Gasteiger partial charge in [0.15, 0.2) is 0 Å². The van der Waals surface area contributed by atoms with Crippen LogP contribution in [0, 0.1) is 0 Å². The highest BCUT2D eigenvalue weighted by Gasteiger charge is 2.22. The van der Waals surface area contributed by atoms with Crippen LogP contribution in [-0.4, -0.2) is 27.3 Å². The van der Waals surface area contributed by atoms with E-state index >= 15 is 0 Å². The fourth-order valence-electron chi connectivity index (χ4n) is 2.64. The van der Waals surface area contributed by atoms with Gasteiger partial charge in [-0.2, -0.15) is 0 Å². The lowest BCUT2D eigenvalue weighted by Gasteiger charge is -2.28.